The van der Waals surface area contributed by atoms with E-state index in [9.17, 15) is 0 Å². The Kier molecular flexibility index (Phi) is 4.61. The minimum atomic E-state index is 0.270. The molecule has 2 nitrogen and oxygen atoms in total. The summed E-state index contributed by atoms with van der Waals surface area (Å²) in [6, 6.07) is 13.3. The summed E-state index contributed by atoms with van der Waals surface area (Å²) in [5.74, 6) is 1.01. The van der Waals surface area contributed by atoms with Crippen molar-refractivity contribution in [2.24, 2.45) is 0 Å². The van der Waals surface area contributed by atoms with Crippen molar-refractivity contribution in [2.75, 3.05) is 6.54 Å². The molecule has 0 spiro atoms. The Morgan fingerprint density at radius 3 is 2.81 bits per heavy atom. The van der Waals surface area contributed by atoms with Gasteiger partial charge in [-0.05, 0) is 62.6 Å². The molecule has 1 saturated carbocycles. The highest BCUT2D eigenvalue weighted by Gasteiger charge is 2.24. The minimum Gasteiger partial charge on any atom is -0.490 e. The van der Waals surface area contributed by atoms with Crippen molar-refractivity contribution in [1.82, 2.24) is 5.32 Å². The van der Waals surface area contributed by atoms with E-state index >= 15 is 0 Å². The SMILES string of the molecule is CCCNC(c1cccc(OC2CC2)c1)c1ccc(C)s1. The lowest BCUT2D eigenvalue weighted by molar-refractivity contribution is 0.302. The number of hydrogen-bond donors (Lipinski definition) is 1. The molecular formula is C18H23NOS. The maximum Gasteiger partial charge on any atom is 0.120 e. The van der Waals surface area contributed by atoms with Crippen molar-refractivity contribution in [2.45, 2.75) is 45.3 Å². The summed E-state index contributed by atoms with van der Waals surface area (Å²) < 4.78 is 5.94. The summed E-state index contributed by atoms with van der Waals surface area (Å²) in [5.41, 5.74) is 1.29. The van der Waals surface area contributed by atoms with E-state index in [1.165, 1.54) is 28.2 Å². The Morgan fingerprint density at radius 1 is 1.29 bits per heavy atom. The Balaban J connectivity index is 1.83. The van der Waals surface area contributed by atoms with Gasteiger partial charge in [-0.2, -0.15) is 0 Å². The Morgan fingerprint density at radius 2 is 2.14 bits per heavy atom. The third-order valence-corrected chi connectivity index (χ3v) is 4.73. The molecule has 0 bridgehead atoms. The van der Waals surface area contributed by atoms with Gasteiger partial charge < -0.3 is 10.1 Å². The highest BCUT2D eigenvalue weighted by molar-refractivity contribution is 7.12. The van der Waals surface area contributed by atoms with Crippen LogP contribution in [0.4, 0.5) is 0 Å². The molecule has 0 aliphatic heterocycles. The van der Waals surface area contributed by atoms with Crippen LogP contribution < -0.4 is 10.1 Å². The van der Waals surface area contributed by atoms with Gasteiger partial charge in [0.1, 0.15) is 5.75 Å². The fraction of sp³-hybridized carbons (Fsp3) is 0.444. The zero-order chi connectivity index (χ0) is 14.7. The first-order valence-electron chi connectivity index (χ1n) is 7.82. The van der Waals surface area contributed by atoms with E-state index in [0.717, 1.165) is 18.7 Å². The van der Waals surface area contributed by atoms with Gasteiger partial charge in [0.25, 0.3) is 0 Å². The van der Waals surface area contributed by atoms with E-state index in [1.54, 1.807) is 0 Å². The molecule has 0 saturated heterocycles. The van der Waals surface area contributed by atoms with Crippen LogP contribution in [0.1, 0.15) is 47.5 Å². The van der Waals surface area contributed by atoms with Gasteiger partial charge in [0.2, 0.25) is 0 Å². The zero-order valence-corrected chi connectivity index (χ0v) is 13.6. The zero-order valence-electron chi connectivity index (χ0n) is 12.8. The first kappa shape index (κ1) is 14.6. The van der Waals surface area contributed by atoms with Gasteiger partial charge in [0.15, 0.2) is 0 Å². The van der Waals surface area contributed by atoms with Crippen LogP contribution in [0.2, 0.25) is 0 Å². The molecule has 3 heteroatoms. The normalized spacial score (nSPS) is 15.9. The second-order valence-electron chi connectivity index (χ2n) is 5.73. The number of nitrogens with one attached hydrogen (secondary N) is 1. The standard InChI is InChI=1S/C18H23NOS/c1-3-11-19-18(17-10-7-13(2)21-17)14-5-4-6-16(12-14)20-15-8-9-15/h4-7,10,12,15,18-19H,3,8-9,11H2,1-2H3. The quantitative estimate of drug-likeness (QED) is 0.801. The van der Waals surface area contributed by atoms with E-state index in [2.05, 4.69) is 55.6 Å². The summed E-state index contributed by atoms with van der Waals surface area (Å²) in [4.78, 5) is 2.74. The van der Waals surface area contributed by atoms with Crippen molar-refractivity contribution in [3.63, 3.8) is 0 Å². The third kappa shape index (κ3) is 3.86. The van der Waals surface area contributed by atoms with Crippen molar-refractivity contribution < 1.29 is 4.74 Å². The summed E-state index contributed by atoms with van der Waals surface area (Å²) in [5, 5.41) is 3.67. The average molecular weight is 301 g/mol. The Bertz CT molecular complexity index is 588. The second-order valence-corrected chi connectivity index (χ2v) is 7.04. The molecule has 1 atom stereocenters. The van der Waals surface area contributed by atoms with Gasteiger partial charge in [0, 0.05) is 9.75 Å². The van der Waals surface area contributed by atoms with Crippen LogP contribution >= 0.6 is 11.3 Å². The molecule has 1 fully saturated rings. The van der Waals surface area contributed by atoms with Gasteiger partial charge >= 0.3 is 0 Å². The fourth-order valence-electron chi connectivity index (χ4n) is 2.43. The molecule has 3 rings (SSSR count). The number of rotatable bonds is 7. The van der Waals surface area contributed by atoms with Crippen LogP contribution in [0.15, 0.2) is 36.4 Å². The van der Waals surface area contributed by atoms with Gasteiger partial charge in [-0.3, -0.25) is 0 Å². The number of ether oxygens (including phenoxy) is 1. The maximum atomic E-state index is 5.94. The molecule has 1 heterocycles. The lowest BCUT2D eigenvalue weighted by Crippen LogP contribution is -2.22. The minimum absolute atomic E-state index is 0.270. The van der Waals surface area contributed by atoms with Crippen LogP contribution in [-0.4, -0.2) is 12.6 Å². The lowest BCUT2D eigenvalue weighted by Gasteiger charge is -2.18. The van der Waals surface area contributed by atoms with E-state index in [0.29, 0.717) is 6.10 Å². The third-order valence-electron chi connectivity index (χ3n) is 3.66. The van der Waals surface area contributed by atoms with Gasteiger partial charge in [0.05, 0.1) is 12.1 Å². The topological polar surface area (TPSA) is 21.3 Å². The van der Waals surface area contributed by atoms with E-state index < -0.39 is 0 Å². The number of aryl methyl sites for hydroxylation is 1. The van der Waals surface area contributed by atoms with E-state index in [4.69, 9.17) is 4.74 Å². The largest absolute Gasteiger partial charge is 0.490 e. The molecule has 1 aliphatic carbocycles. The van der Waals surface area contributed by atoms with Crippen molar-refractivity contribution in [3.8, 4) is 5.75 Å². The molecular weight excluding hydrogens is 278 g/mol. The van der Waals surface area contributed by atoms with Crippen LogP contribution in [0.25, 0.3) is 0 Å². The monoisotopic (exact) mass is 301 g/mol. The average Bonchev–Trinajstić information content (AvgIpc) is 3.19. The Labute approximate surface area is 131 Å². The summed E-state index contributed by atoms with van der Waals surface area (Å²) in [6.07, 6.45) is 3.99. The van der Waals surface area contributed by atoms with Crippen LogP contribution in [0, 0.1) is 6.92 Å². The van der Waals surface area contributed by atoms with E-state index in [1.807, 2.05) is 11.3 Å². The van der Waals surface area contributed by atoms with Gasteiger partial charge in [-0.25, -0.2) is 0 Å². The first-order valence-corrected chi connectivity index (χ1v) is 8.64. The van der Waals surface area contributed by atoms with Crippen molar-refractivity contribution in [3.05, 3.63) is 51.7 Å². The van der Waals surface area contributed by atoms with Crippen LogP contribution in [0.5, 0.6) is 5.75 Å². The maximum absolute atomic E-state index is 5.94. The predicted molar refractivity (Wildman–Crippen MR) is 89.3 cm³/mol. The van der Waals surface area contributed by atoms with Crippen molar-refractivity contribution in [1.29, 1.82) is 0 Å². The Hall–Kier alpha value is -1.32. The molecule has 0 radical (unpaired) electrons. The van der Waals surface area contributed by atoms with Gasteiger partial charge in [-0.15, -0.1) is 11.3 Å². The highest BCUT2D eigenvalue weighted by Crippen LogP contribution is 2.32. The predicted octanol–water partition coefficient (Wildman–Crippen LogP) is 4.69. The number of thiophene rings is 1. The molecule has 1 aromatic carbocycles. The molecule has 1 aliphatic rings. The summed E-state index contributed by atoms with van der Waals surface area (Å²) in [6.45, 7) is 5.39. The highest BCUT2D eigenvalue weighted by atomic mass is 32.1. The molecule has 21 heavy (non-hydrogen) atoms. The fourth-order valence-corrected chi connectivity index (χ4v) is 3.41. The molecule has 1 N–H and O–H groups in total. The summed E-state index contributed by atoms with van der Waals surface area (Å²) >= 11 is 1.87. The van der Waals surface area contributed by atoms with Gasteiger partial charge in [-0.1, -0.05) is 19.1 Å². The first-order chi connectivity index (χ1) is 10.3. The second kappa shape index (κ2) is 6.63. The molecule has 112 valence electrons. The number of hydrogen-bond acceptors (Lipinski definition) is 3. The van der Waals surface area contributed by atoms with Crippen molar-refractivity contribution >= 4 is 11.3 Å². The van der Waals surface area contributed by atoms with Crippen LogP contribution in [-0.2, 0) is 0 Å². The van der Waals surface area contributed by atoms with E-state index in [-0.39, 0.29) is 6.04 Å². The summed E-state index contributed by atoms with van der Waals surface area (Å²) in [7, 11) is 0. The smallest absolute Gasteiger partial charge is 0.120 e. The number of benzene rings is 1. The molecule has 1 unspecified atom stereocenters. The van der Waals surface area contributed by atoms with Crippen LogP contribution in [0.3, 0.4) is 0 Å². The molecule has 1 aromatic heterocycles. The molecule has 2 aromatic rings. The molecule has 0 amide bonds. The lowest BCUT2D eigenvalue weighted by atomic mass is 10.0.